The molecule has 1 aliphatic rings. The maximum atomic E-state index is 13.6. The summed E-state index contributed by atoms with van der Waals surface area (Å²) in [5.74, 6) is -2.30. The number of carbonyl (C=O) groups is 1. The van der Waals surface area contributed by atoms with Crippen LogP contribution in [0.15, 0.2) is 22.6 Å². The molecule has 0 aromatic heterocycles. The van der Waals surface area contributed by atoms with Crippen LogP contribution in [0, 0.1) is 10.1 Å². The Hall–Kier alpha value is -2.82. The summed E-state index contributed by atoms with van der Waals surface area (Å²) < 4.78 is 117. The number of ether oxygens (including phenoxy) is 2. The molecule has 0 bridgehead atoms. The van der Waals surface area contributed by atoms with Crippen molar-refractivity contribution in [3.05, 3.63) is 38.9 Å². The number of fused-ring (bicyclic) bond motifs is 1. The minimum Gasteiger partial charge on any atom is -0.475 e. The smallest absolute Gasteiger partial charge is 0.430 e. The number of alkyl halides is 3. The average Bonchev–Trinajstić information content (AvgIpc) is 2.69. The van der Waals surface area contributed by atoms with Gasteiger partial charge in [-0.1, -0.05) is 26.4 Å². The molecule has 0 radical (unpaired) electrons. The Morgan fingerprint density at radius 1 is 1.17 bits per heavy atom. The molecule has 1 atom stereocenters. The molecule has 8 nitrogen and oxygen atoms in total. The van der Waals surface area contributed by atoms with Crippen LogP contribution in [0.3, 0.4) is 0 Å². The molecule has 0 aliphatic carbocycles. The summed E-state index contributed by atoms with van der Waals surface area (Å²) in [6, 6.07) is -0.0392. The van der Waals surface area contributed by atoms with Crippen molar-refractivity contribution in [1.82, 2.24) is 4.90 Å². The van der Waals surface area contributed by atoms with Crippen LogP contribution in [-0.2, 0) is 20.8 Å². The van der Waals surface area contributed by atoms with Crippen molar-refractivity contribution in [2.24, 2.45) is 0 Å². The van der Waals surface area contributed by atoms with E-state index >= 15 is 0 Å². The lowest BCUT2D eigenvalue weighted by Crippen LogP contribution is -2.41. The summed E-state index contributed by atoms with van der Waals surface area (Å²) in [5, 5.41) is 9.06. The van der Waals surface area contributed by atoms with Crippen molar-refractivity contribution < 1.29 is 56.8 Å². The predicted octanol–water partition coefficient (Wildman–Crippen LogP) is 5.30. The van der Waals surface area contributed by atoms with Gasteiger partial charge >= 0.3 is 22.4 Å². The first-order valence-corrected chi connectivity index (χ1v) is 11.7. The molecule has 1 aromatic rings. The first-order valence-electron chi connectivity index (χ1n) is 9.72. The molecule has 1 aliphatic heterocycles. The van der Waals surface area contributed by atoms with Crippen LogP contribution in [0.5, 0.6) is 5.75 Å². The van der Waals surface area contributed by atoms with Crippen molar-refractivity contribution in [3.8, 4) is 5.75 Å². The first-order chi connectivity index (χ1) is 15.7. The summed E-state index contributed by atoms with van der Waals surface area (Å²) in [6.45, 7) is 0.297. The van der Waals surface area contributed by atoms with Gasteiger partial charge in [0.1, 0.15) is 23.9 Å². The SMILES string of the molecule is CCc1cc(S(F)(F)(F)(F)F)cc2c1O[C@H](C(F)(F)F)C(C(=O)OCCN(C)CCO[N+](=O)[O-])=C2. The fourth-order valence-electron chi connectivity index (χ4n) is 3.01. The average molecular weight is 544 g/mol. The van der Waals surface area contributed by atoms with Gasteiger partial charge in [0.2, 0.25) is 6.10 Å². The zero-order valence-electron chi connectivity index (χ0n) is 18.1. The van der Waals surface area contributed by atoms with E-state index in [4.69, 9.17) is 9.47 Å². The van der Waals surface area contributed by atoms with Gasteiger partial charge in [-0.05, 0) is 37.2 Å². The summed E-state index contributed by atoms with van der Waals surface area (Å²) >= 11 is 0. The zero-order chi connectivity index (χ0) is 26.9. The van der Waals surface area contributed by atoms with Gasteiger partial charge in [0, 0.05) is 18.7 Å². The van der Waals surface area contributed by atoms with Crippen LogP contribution in [0.4, 0.5) is 32.6 Å². The highest BCUT2D eigenvalue weighted by Crippen LogP contribution is 3.02. The Morgan fingerprint density at radius 2 is 1.77 bits per heavy atom. The highest BCUT2D eigenvalue weighted by Gasteiger charge is 2.65. The number of halogens is 8. The van der Waals surface area contributed by atoms with E-state index in [2.05, 4.69) is 4.84 Å². The molecule has 0 fully saturated rings. The quantitative estimate of drug-likeness (QED) is 0.171. The summed E-state index contributed by atoms with van der Waals surface area (Å²) in [7, 11) is -8.77. The molecule has 0 saturated heterocycles. The molecule has 0 saturated carbocycles. The van der Waals surface area contributed by atoms with Crippen molar-refractivity contribution in [2.45, 2.75) is 30.5 Å². The third kappa shape index (κ3) is 7.58. The van der Waals surface area contributed by atoms with Crippen LogP contribution in [0.1, 0.15) is 18.1 Å². The van der Waals surface area contributed by atoms with Gasteiger partial charge < -0.3 is 19.2 Å². The number of esters is 1. The van der Waals surface area contributed by atoms with Gasteiger partial charge in [0.05, 0.1) is 5.57 Å². The number of likely N-dealkylation sites (N-methyl/N-ethyl adjacent to an activating group) is 1. The molecule has 0 N–H and O–H groups in total. The largest absolute Gasteiger partial charge is 0.475 e. The van der Waals surface area contributed by atoms with Crippen LogP contribution < -0.4 is 4.74 Å². The van der Waals surface area contributed by atoms with Gasteiger partial charge in [-0.2, -0.15) is 13.2 Å². The Balaban J connectivity index is 2.34. The van der Waals surface area contributed by atoms with Crippen LogP contribution in [0.25, 0.3) is 6.08 Å². The molecule has 2 rings (SSSR count). The molecule has 1 heterocycles. The van der Waals surface area contributed by atoms with Gasteiger partial charge in [-0.15, -0.1) is 10.1 Å². The number of carbonyl (C=O) groups excluding carboxylic acids is 1. The van der Waals surface area contributed by atoms with E-state index in [1.807, 2.05) is 0 Å². The molecule has 0 spiro atoms. The van der Waals surface area contributed by atoms with E-state index in [-0.39, 0.29) is 38.2 Å². The number of hydrogen-bond donors (Lipinski definition) is 0. The van der Waals surface area contributed by atoms with Gasteiger partial charge in [-0.3, -0.25) is 0 Å². The van der Waals surface area contributed by atoms with E-state index in [1.54, 1.807) is 0 Å². The maximum absolute atomic E-state index is 13.6. The van der Waals surface area contributed by atoms with Gasteiger partial charge in [0.25, 0.3) is 5.09 Å². The minimum atomic E-state index is -10.2. The van der Waals surface area contributed by atoms with E-state index in [0.29, 0.717) is 6.08 Å². The summed E-state index contributed by atoms with van der Waals surface area (Å²) in [5.41, 5.74) is -2.57. The summed E-state index contributed by atoms with van der Waals surface area (Å²) in [4.78, 5) is 25.6. The normalized spacial score (nSPS) is 18.0. The topological polar surface area (TPSA) is 91.1 Å². The van der Waals surface area contributed by atoms with E-state index in [9.17, 15) is 47.5 Å². The van der Waals surface area contributed by atoms with Crippen LogP contribution in [-0.4, -0.2) is 61.6 Å². The lowest BCUT2D eigenvalue weighted by Gasteiger charge is -2.41. The molecule has 17 heteroatoms. The van der Waals surface area contributed by atoms with Gasteiger partial charge in [0.15, 0.2) is 0 Å². The lowest BCUT2D eigenvalue weighted by molar-refractivity contribution is -0.757. The third-order valence-corrected chi connectivity index (χ3v) is 5.86. The third-order valence-electron chi connectivity index (χ3n) is 4.73. The number of hydrogen-bond acceptors (Lipinski definition) is 7. The first kappa shape index (κ1) is 28.4. The van der Waals surface area contributed by atoms with Crippen LogP contribution >= 0.6 is 10.2 Å². The number of aryl methyl sites for hydroxylation is 1. The van der Waals surface area contributed by atoms with E-state index in [1.165, 1.54) is 18.9 Å². The molecule has 0 unspecified atom stereocenters. The second kappa shape index (κ2) is 9.00. The summed E-state index contributed by atoms with van der Waals surface area (Å²) in [6.07, 6.45) is -8.08. The van der Waals surface area contributed by atoms with Crippen LogP contribution in [0.2, 0.25) is 0 Å². The second-order valence-electron chi connectivity index (χ2n) is 7.46. The van der Waals surface area contributed by atoms with E-state index < -0.39 is 67.5 Å². The second-order valence-corrected chi connectivity index (χ2v) is 9.87. The van der Waals surface area contributed by atoms with Crippen molar-refractivity contribution in [3.63, 3.8) is 0 Å². The maximum Gasteiger partial charge on any atom is 0.430 e. The molecule has 35 heavy (non-hydrogen) atoms. The molecular formula is C18H20F8N2O6S. The standard InChI is InChI=1S/C18H20F8N2O6S/c1-3-11-8-13(35(22,23,24,25)26)9-12-10-14(16(18(19,20)21)34-15(11)12)17(29)32-6-4-27(2)5-7-33-28(30)31/h8-10,16H,3-7H2,1-2H3/t16-/m0/s1. The number of rotatable bonds is 10. The molecule has 0 amide bonds. The molecule has 200 valence electrons. The molecular weight excluding hydrogens is 524 g/mol. The zero-order valence-corrected chi connectivity index (χ0v) is 18.9. The number of benzene rings is 1. The van der Waals surface area contributed by atoms with Crippen molar-refractivity contribution >= 4 is 22.3 Å². The monoisotopic (exact) mass is 544 g/mol. The Morgan fingerprint density at radius 3 is 2.29 bits per heavy atom. The van der Waals surface area contributed by atoms with E-state index in [0.717, 1.165) is 0 Å². The highest BCUT2D eigenvalue weighted by molar-refractivity contribution is 8.45. The predicted molar refractivity (Wildman–Crippen MR) is 107 cm³/mol. The lowest BCUT2D eigenvalue weighted by atomic mass is 9.98. The van der Waals surface area contributed by atoms with Crippen molar-refractivity contribution in [2.75, 3.05) is 33.4 Å². The minimum absolute atomic E-state index is 0.000162. The van der Waals surface area contributed by atoms with Gasteiger partial charge in [-0.25, -0.2) is 4.79 Å². The van der Waals surface area contributed by atoms with Crippen molar-refractivity contribution in [1.29, 1.82) is 0 Å². The Kier molecular flexibility index (Phi) is 7.31. The Bertz CT molecular complexity index is 1030. The fourth-order valence-corrected chi connectivity index (χ4v) is 3.73. The highest BCUT2D eigenvalue weighted by atomic mass is 32.5. The number of nitrogens with zero attached hydrogens (tertiary/aromatic N) is 2. The Labute approximate surface area is 193 Å². The molecule has 1 aromatic carbocycles. The fraction of sp³-hybridized carbons (Fsp3) is 0.500.